The van der Waals surface area contributed by atoms with Gasteiger partial charge in [-0.2, -0.15) is 9.61 Å². The lowest BCUT2D eigenvalue weighted by atomic mass is 10.1. The van der Waals surface area contributed by atoms with Crippen LogP contribution in [-0.4, -0.2) is 34.8 Å². The molecule has 166 valence electrons. The van der Waals surface area contributed by atoms with Crippen molar-refractivity contribution in [3.63, 3.8) is 0 Å². The Morgan fingerprint density at radius 3 is 2.77 bits per heavy atom. The summed E-state index contributed by atoms with van der Waals surface area (Å²) in [5.41, 5.74) is 5.48. The molecule has 3 aromatic rings. The smallest absolute Gasteiger partial charge is 0.165 e. The van der Waals surface area contributed by atoms with Crippen LogP contribution in [0.25, 0.3) is 16.8 Å². The van der Waals surface area contributed by atoms with Gasteiger partial charge in [0.2, 0.25) is 0 Å². The lowest BCUT2D eigenvalue weighted by molar-refractivity contribution is 0.415. The van der Waals surface area contributed by atoms with Crippen molar-refractivity contribution in [2.75, 3.05) is 25.1 Å². The van der Waals surface area contributed by atoms with E-state index in [1.165, 1.54) is 49.2 Å². The molecule has 2 heterocycles. The second-order valence-corrected chi connectivity index (χ2v) is 9.00. The van der Waals surface area contributed by atoms with Gasteiger partial charge >= 0.3 is 0 Å². The Hall–Kier alpha value is -1.98. The number of unbranched alkanes of at least 4 members (excludes halogenated alkanes) is 1. The zero-order chi connectivity index (χ0) is 20.7. The standard InChI is InChI=1S/C24H29ClN4O.ClH/c1-3-4-12-28(15-16-8-9-16)24-19-6-5-7-22(19)27-23-20(14-26-29(23)24)18-11-10-17(30-2)13-21(18)25;/h10-11,13-14,16H,3-9,12,15H2,1-2H3;1H. The van der Waals surface area contributed by atoms with Crippen LogP contribution in [0.3, 0.4) is 0 Å². The van der Waals surface area contributed by atoms with Crippen molar-refractivity contribution in [1.82, 2.24) is 14.6 Å². The van der Waals surface area contributed by atoms with Crippen molar-refractivity contribution < 1.29 is 4.74 Å². The first-order valence-electron chi connectivity index (χ1n) is 11.2. The molecule has 31 heavy (non-hydrogen) atoms. The first-order valence-corrected chi connectivity index (χ1v) is 11.6. The van der Waals surface area contributed by atoms with Crippen LogP contribution in [0.15, 0.2) is 24.4 Å². The summed E-state index contributed by atoms with van der Waals surface area (Å²) >= 11 is 6.61. The molecule has 5 rings (SSSR count). The van der Waals surface area contributed by atoms with Crippen LogP contribution in [0.1, 0.15) is 50.3 Å². The molecule has 0 aliphatic heterocycles. The summed E-state index contributed by atoms with van der Waals surface area (Å²) in [5, 5.41) is 5.50. The summed E-state index contributed by atoms with van der Waals surface area (Å²) < 4.78 is 7.40. The van der Waals surface area contributed by atoms with Gasteiger partial charge in [-0.05, 0) is 62.6 Å². The number of anilines is 1. The molecule has 1 aromatic carbocycles. The SMILES string of the molecule is CCCCN(CC1CC1)c1c2c(nc3c(-c4ccc(OC)cc4Cl)cnn13)CCC2.Cl. The van der Waals surface area contributed by atoms with Gasteiger partial charge < -0.3 is 9.64 Å². The van der Waals surface area contributed by atoms with E-state index in [2.05, 4.69) is 16.3 Å². The molecule has 0 radical (unpaired) electrons. The molecule has 1 saturated carbocycles. The number of fused-ring (bicyclic) bond motifs is 2. The Morgan fingerprint density at radius 2 is 2.06 bits per heavy atom. The first kappa shape index (κ1) is 22.2. The first-order chi connectivity index (χ1) is 14.7. The summed E-state index contributed by atoms with van der Waals surface area (Å²) in [7, 11) is 1.66. The Balaban J connectivity index is 0.00000231. The molecule has 0 unspecified atom stereocenters. The summed E-state index contributed by atoms with van der Waals surface area (Å²) in [6.07, 6.45) is 10.3. The Labute approximate surface area is 195 Å². The van der Waals surface area contributed by atoms with E-state index in [1.54, 1.807) is 7.11 Å². The van der Waals surface area contributed by atoms with Gasteiger partial charge in [0, 0.05) is 35.5 Å². The van der Waals surface area contributed by atoms with Gasteiger partial charge in [0.25, 0.3) is 0 Å². The monoisotopic (exact) mass is 460 g/mol. The van der Waals surface area contributed by atoms with Crippen molar-refractivity contribution in [1.29, 1.82) is 0 Å². The topological polar surface area (TPSA) is 42.7 Å². The van der Waals surface area contributed by atoms with Crippen molar-refractivity contribution in [2.45, 2.75) is 51.9 Å². The minimum absolute atomic E-state index is 0. The number of hydrogen-bond acceptors (Lipinski definition) is 4. The molecule has 0 N–H and O–H groups in total. The third kappa shape index (κ3) is 4.22. The average Bonchev–Trinajstić information content (AvgIpc) is 3.28. The molecular formula is C24H30Cl2N4O. The quantitative estimate of drug-likeness (QED) is 0.414. The van der Waals surface area contributed by atoms with Crippen LogP contribution in [0.2, 0.25) is 5.02 Å². The van der Waals surface area contributed by atoms with E-state index in [0.717, 1.165) is 54.4 Å². The maximum Gasteiger partial charge on any atom is 0.165 e. The third-order valence-corrected chi connectivity index (χ3v) is 6.68. The number of nitrogens with zero attached hydrogens (tertiary/aromatic N) is 4. The second kappa shape index (κ2) is 9.25. The zero-order valence-electron chi connectivity index (χ0n) is 18.2. The van der Waals surface area contributed by atoms with Crippen LogP contribution < -0.4 is 9.64 Å². The van der Waals surface area contributed by atoms with Gasteiger partial charge in [0.05, 0.1) is 18.3 Å². The fourth-order valence-corrected chi connectivity index (χ4v) is 4.83. The normalized spacial score (nSPS) is 15.1. The Bertz CT molecular complexity index is 1080. The van der Waals surface area contributed by atoms with Crippen LogP contribution in [0.4, 0.5) is 5.82 Å². The number of halogens is 2. The fourth-order valence-electron chi connectivity index (χ4n) is 4.55. The zero-order valence-corrected chi connectivity index (χ0v) is 19.8. The minimum Gasteiger partial charge on any atom is -0.497 e. The van der Waals surface area contributed by atoms with E-state index in [4.69, 9.17) is 26.4 Å². The highest BCUT2D eigenvalue weighted by Crippen LogP contribution is 2.39. The van der Waals surface area contributed by atoms with E-state index in [1.807, 2.05) is 24.4 Å². The molecule has 0 saturated heterocycles. The number of aromatic nitrogens is 3. The molecular weight excluding hydrogens is 431 g/mol. The highest BCUT2D eigenvalue weighted by Gasteiger charge is 2.30. The number of hydrogen-bond donors (Lipinski definition) is 0. The van der Waals surface area contributed by atoms with Gasteiger partial charge in [-0.25, -0.2) is 4.98 Å². The summed E-state index contributed by atoms with van der Waals surface area (Å²) in [4.78, 5) is 7.67. The molecule has 7 heteroatoms. The van der Waals surface area contributed by atoms with Crippen molar-refractivity contribution in [3.05, 3.63) is 40.7 Å². The number of rotatable bonds is 8. The minimum atomic E-state index is 0. The molecule has 0 bridgehead atoms. The molecule has 0 spiro atoms. The second-order valence-electron chi connectivity index (χ2n) is 8.60. The highest BCUT2D eigenvalue weighted by atomic mass is 35.5. The van der Waals surface area contributed by atoms with Gasteiger partial charge in [0.1, 0.15) is 11.6 Å². The maximum atomic E-state index is 6.61. The third-order valence-electron chi connectivity index (χ3n) is 6.37. The maximum absolute atomic E-state index is 6.61. The molecule has 5 nitrogen and oxygen atoms in total. The Morgan fingerprint density at radius 1 is 1.23 bits per heavy atom. The van der Waals surface area contributed by atoms with Gasteiger partial charge in [-0.3, -0.25) is 0 Å². The van der Waals surface area contributed by atoms with Crippen LogP contribution in [0.5, 0.6) is 5.75 Å². The fraction of sp³-hybridized carbons (Fsp3) is 0.500. The molecule has 0 amide bonds. The van der Waals surface area contributed by atoms with Gasteiger partial charge in [0.15, 0.2) is 5.65 Å². The van der Waals surface area contributed by atoms with Crippen molar-refractivity contribution in [2.24, 2.45) is 5.92 Å². The summed E-state index contributed by atoms with van der Waals surface area (Å²) in [5.74, 6) is 2.85. The van der Waals surface area contributed by atoms with Gasteiger partial charge in [-0.15, -0.1) is 12.4 Å². The van der Waals surface area contributed by atoms with Crippen LogP contribution >= 0.6 is 24.0 Å². The molecule has 1 fully saturated rings. The molecule has 0 atom stereocenters. The average molecular weight is 461 g/mol. The largest absolute Gasteiger partial charge is 0.497 e. The number of methoxy groups -OCH3 is 1. The van der Waals surface area contributed by atoms with Crippen molar-refractivity contribution >= 4 is 35.5 Å². The van der Waals surface area contributed by atoms with E-state index in [-0.39, 0.29) is 12.4 Å². The van der Waals surface area contributed by atoms with E-state index < -0.39 is 0 Å². The number of benzene rings is 1. The lowest BCUT2D eigenvalue weighted by Gasteiger charge is -2.27. The predicted octanol–water partition coefficient (Wildman–Crippen LogP) is 5.99. The van der Waals surface area contributed by atoms with Crippen molar-refractivity contribution in [3.8, 4) is 16.9 Å². The lowest BCUT2D eigenvalue weighted by Crippen LogP contribution is -2.30. The summed E-state index contributed by atoms with van der Waals surface area (Å²) in [6, 6.07) is 5.81. The molecule has 2 aromatic heterocycles. The van der Waals surface area contributed by atoms with E-state index in [9.17, 15) is 0 Å². The van der Waals surface area contributed by atoms with Gasteiger partial charge in [-0.1, -0.05) is 24.9 Å². The number of aryl methyl sites for hydroxylation is 1. The summed E-state index contributed by atoms with van der Waals surface area (Å²) in [6.45, 7) is 4.47. The number of ether oxygens (including phenoxy) is 1. The highest BCUT2D eigenvalue weighted by molar-refractivity contribution is 6.33. The van der Waals surface area contributed by atoms with E-state index >= 15 is 0 Å². The van der Waals surface area contributed by atoms with Crippen LogP contribution in [-0.2, 0) is 12.8 Å². The molecule has 2 aliphatic rings. The van der Waals surface area contributed by atoms with Crippen LogP contribution in [0, 0.1) is 5.92 Å². The predicted molar refractivity (Wildman–Crippen MR) is 129 cm³/mol. The van der Waals surface area contributed by atoms with E-state index in [0.29, 0.717) is 5.02 Å². The Kier molecular flexibility index (Phi) is 6.63. The molecule has 2 aliphatic carbocycles.